The molecule has 1 heterocycles. The lowest BCUT2D eigenvalue weighted by Gasteiger charge is -2.37. The Labute approximate surface area is 144 Å². The summed E-state index contributed by atoms with van der Waals surface area (Å²) in [5.74, 6) is 0.858. The van der Waals surface area contributed by atoms with Gasteiger partial charge in [-0.3, -0.25) is 4.79 Å². The minimum absolute atomic E-state index is 0.0235. The number of amides is 1. The second-order valence-electron chi connectivity index (χ2n) is 6.06. The summed E-state index contributed by atoms with van der Waals surface area (Å²) in [6.45, 7) is 10.3. The number of rotatable bonds is 8. The van der Waals surface area contributed by atoms with Crippen molar-refractivity contribution >= 4 is 11.6 Å². The monoisotopic (exact) mass is 332 g/mol. The molecule has 2 atom stereocenters. The van der Waals surface area contributed by atoms with Crippen LogP contribution in [0.4, 0.5) is 5.69 Å². The number of para-hydroxylation sites is 2. The van der Waals surface area contributed by atoms with Crippen LogP contribution >= 0.6 is 0 Å². The van der Waals surface area contributed by atoms with Gasteiger partial charge in [-0.25, -0.2) is 0 Å². The predicted molar refractivity (Wildman–Crippen MR) is 96.6 cm³/mol. The van der Waals surface area contributed by atoms with Crippen molar-refractivity contribution in [2.75, 3.05) is 38.2 Å². The Bertz CT molecular complexity index is 561. The zero-order chi connectivity index (χ0) is 17.5. The van der Waals surface area contributed by atoms with E-state index in [-0.39, 0.29) is 12.0 Å². The lowest BCUT2D eigenvalue weighted by Crippen LogP contribution is -2.48. The van der Waals surface area contributed by atoms with E-state index in [2.05, 4.69) is 24.5 Å². The molecule has 1 aliphatic rings. The summed E-state index contributed by atoms with van der Waals surface area (Å²) in [4.78, 5) is 16.4. The number of carbonyl (C=O) groups excluding carboxylic acids is 1. The van der Waals surface area contributed by atoms with E-state index in [9.17, 15) is 4.79 Å². The minimum Gasteiger partial charge on any atom is -0.485 e. The van der Waals surface area contributed by atoms with E-state index in [0.29, 0.717) is 13.2 Å². The Hall–Kier alpha value is -2.01. The Morgan fingerprint density at radius 3 is 3.00 bits per heavy atom. The normalized spacial score (nSPS) is 17.6. The molecule has 0 aromatic heterocycles. The number of hydrogen-bond acceptors (Lipinski definition) is 4. The summed E-state index contributed by atoms with van der Waals surface area (Å²) in [5, 5.41) is 0. The molecule has 5 heteroatoms. The molecule has 0 bridgehead atoms. The number of anilines is 1. The van der Waals surface area contributed by atoms with E-state index in [1.165, 1.54) is 0 Å². The van der Waals surface area contributed by atoms with Gasteiger partial charge in [-0.1, -0.05) is 18.2 Å². The second kappa shape index (κ2) is 8.73. The van der Waals surface area contributed by atoms with Crippen molar-refractivity contribution in [1.82, 2.24) is 4.90 Å². The average molecular weight is 332 g/mol. The van der Waals surface area contributed by atoms with Crippen LogP contribution in [0.2, 0.25) is 0 Å². The zero-order valence-electron chi connectivity index (χ0n) is 14.9. The number of hydrogen-bond donors (Lipinski definition) is 0. The molecular weight excluding hydrogens is 304 g/mol. The first-order chi connectivity index (χ1) is 11.6. The number of carbonyl (C=O) groups is 1. The fourth-order valence-corrected chi connectivity index (χ4v) is 2.88. The summed E-state index contributed by atoms with van der Waals surface area (Å²) < 4.78 is 11.6. The molecule has 1 amide bonds. The molecular formula is C19H28N2O3. The highest BCUT2D eigenvalue weighted by molar-refractivity contribution is 5.80. The van der Waals surface area contributed by atoms with Crippen LogP contribution < -0.4 is 9.64 Å². The molecule has 0 N–H and O–H groups in total. The average Bonchev–Trinajstić information content (AvgIpc) is 2.60. The molecule has 1 aromatic carbocycles. The van der Waals surface area contributed by atoms with E-state index < -0.39 is 6.10 Å². The van der Waals surface area contributed by atoms with Crippen LogP contribution in [-0.2, 0) is 9.53 Å². The molecule has 0 fully saturated rings. The van der Waals surface area contributed by atoms with Crippen LogP contribution in [0.1, 0.15) is 20.3 Å². The van der Waals surface area contributed by atoms with Gasteiger partial charge in [0.15, 0.2) is 0 Å². The van der Waals surface area contributed by atoms with Gasteiger partial charge in [-0.05, 0) is 32.4 Å². The molecule has 0 spiro atoms. The predicted octanol–water partition coefficient (Wildman–Crippen LogP) is 2.71. The smallest absolute Gasteiger partial charge is 0.251 e. The molecule has 0 aliphatic carbocycles. The van der Waals surface area contributed by atoms with Gasteiger partial charge in [-0.15, -0.1) is 6.58 Å². The summed E-state index contributed by atoms with van der Waals surface area (Å²) >= 11 is 0. The highest BCUT2D eigenvalue weighted by Crippen LogP contribution is 2.32. The third-order valence-electron chi connectivity index (χ3n) is 4.20. The van der Waals surface area contributed by atoms with E-state index >= 15 is 0 Å². The summed E-state index contributed by atoms with van der Waals surface area (Å²) in [6.07, 6.45) is 2.03. The van der Waals surface area contributed by atoms with Crippen molar-refractivity contribution in [1.29, 1.82) is 0 Å². The van der Waals surface area contributed by atoms with Gasteiger partial charge in [0.05, 0.1) is 25.4 Å². The van der Waals surface area contributed by atoms with Gasteiger partial charge in [0, 0.05) is 13.6 Å². The molecule has 5 nitrogen and oxygen atoms in total. The number of fused-ring (bicyclic) bond motifs is 1. The highest BCUT2D eigenvalue weighted by atomic mass is 16.5. The van der Waals surface area contributed by atoms with Gasteiger partial charge >= 0.3 is 0 Å². The summed E-state index contributed by atoms with van der Waals surface area (Å²) in [5.41, 5.74) is 1.12. The quantitative estimate of drug-likeness (QED) is 0.542. The van der Waals surface area contributed by atoms with Crippen LogP contribution in [0.15, 0.2) is 36.9 Å². The van der Waals surface area contributed by atoms with Crippen molar-refractivity contribution in [2.45, 2.75) is 32.5 Å². The lowest BCUT2D eigenvalue weighted by molar-refractivity contribution is -0.142. The number of ether oxygens (including phenoxy) is 2. The van der Waals surface area contributed by atoms with Gasteiger partial charge < -0.3 is 19.3 Å². The molecule has 0 saturated carbocycles. The maximum absolute atomic E-state index is 12.4. The van der Waals surface area contributed by atoms with Crippen LogP contribution in [0.3, 0.4) is 0 Å². The topological polar surface area (TPSA) is 42.0 Å². The zero-order valence-corrected chi connectivity index (χ0v) is 14.9. The van der Waals surface area contributed by atoms with Crippen LogP contribution in [0, 0.1) is 0 Å². The largest absolute Gasteiger partial charge is 0.485 e. The lowest BCUT2D eigenvalue weighted by atomic mass is 10.1. The molecule has 2 unspecified atom stereocenters. The maximum Gasteiger partial charge on any atom is 0.251 e. The van der Waals surface area contributed by atoms with Crippen LogP contribution in [0.5, 0.6) is 5.75 Å². The Balaban J connectivity index is 1.93. The maximum atomic E-state index is 12.4. The Morgan fingerprint density at radius 1 is 1.54 bits per heavy atom. The van der Waals surface area contributed by atoms with E-state index in [1.807, 2.05) is 18.2 Å². The molecule has 0 radical (unpaired) electrons. The van der Waals surface area contributed by atoms with E-state index in [0.717, 1.165) is 30.9 Å². The van der Waals surface area contributed by atoms with Crippen molar-refractivity contribution in [3.05, 3.63) is 36.9 Å². The Kier molecular flexibility index (Phi) is 6.67. The number of likely N-dealkylation sites (N-methyl/N-ethyl adjacent to an activating group) is 2. The summed E-state index contributed by atoms with van der Waals surface area (Å²) in [7, 11) is 1.80. The fourth-order valence-electron chi connectivity index (χ4n) is 2.88. The van der Waals surface area contributed by atoms with Crippen molar-refractivity contribution in [3.63, 3.8) is 0 Å². The fraction of sp³-hybridized carbons (Fsp3) is 0.526. The molecule has 2 rings (SSSR count). The van der Waals surface area contributed by atoms with Gasteiger partial charge in [0.2, 0.25) is 0 Å². The molecule has 0 saturated heterocycles. The first kappa shape index (κ1) is 18.3. The standard InChI is InChI=1S/C19H28N2O3/c1-5-7-12-23-15(3)19(22)20(4)13-16-14-21(6-2)17-10-8-9-11-18(17)24-16/h5,8-11,15-16H,1,6-7,12-14H2,2-4H3. The van der Waals surface area contributed by atoms with E-state index in [4.69, 9.17) is 9.47 Å². The molecule has 24 heavy (non-hydrogen) atoms. The highest BCUT2D eigenvalue weighted by Gasteiger charge is 2.28. The van der Waals surface area contributed by atoms with Gasteiger partial charge in [0.25, 0.3) is 5.91 Å². The van der Waals surface area contributed by atoms with Gasteiger partial charge in [0.1, 0.15) is 18.0 Å². The Morgan fingerprint density at radius 2 is 2.29 bits per heavy atom. The van der Waals surface area contributed by atoms with Crippen LogP contribution in [0.25, 0.3) is 0 Å². The van der Waals surface area contributed by atoms with Gasteiger partial charge in [-0.2, -0.15) is 0 Å². The van der Waals surface area contributed by atoms with Crippen molar-refractivity contribution in [2.24, 2.45) is 0 Å². The number of nitrogens with zero attached hydrogens (tertiary/aromatic N) is 2. The van der Waals surface area contributed by atoms with E-state index in [1.54, 1.807) is 24.9 Å². The van der Waals surface area contributed by atoms with Crippen molar-refractivity contribution in [3.8, 4) is 5.75 Å². The minimum atomic E-state index is -0.451. The molecule has 1 aliphatic heterocycles. The van der Waals surface area contributed by atoms with Crippen LogP contribution in [-0.4, -0.2) is 56.3 Å². The third kappa shape index (κ3) is 4.51. The SMILES string of the molecule is C=CCCOC(C)C(=O)N(C)CC1CN(CC)c2ccccc2O1. The molecule has 1 aromatic rings. The van der Waals surface area contributed by atoms with Crippen molar-refractivity contribution < 1.29 is 14.3 Å². The first-order valence-electron chi connectivity index (χ1n) is 8.54. The number of benzene rings is 1. The molecule has 132 valence electrons. The third-order valence-corrected chi connectivity index (χ3v) is 4.20. The first-order valence-corrected chi connectivity index (χ1v) is 8.54. The summed E-state index contributed by atoms with van der Waals surface area (Å²) in [6, 6.07) is 8.04. The second-order valence-corrected chi connectivity index (χ2v) is 6.06.